The first-order valence-electron chi connectivity index (χ1n) is 6.45. The molecule has 0 heterocycles. The maximum atomic E-state index is 11.6. The van der Waals surface area contributed by atoms with Crippen LogP contribution >= 0.6 is 0 Å². The molecule has 0 aliphatic rings. The molecule has 0 aliphatic heterocycles. The number of ether oxygens (including phenoxy) is 2. The van der Waals surface area contributed by atoms with Crippen LogP contribution in [0.25, 0.3) is 0 Å². The smallest absolute Gasteiger partial charge is 0.326 e. The average Bonchev–Trinajstić information content (AvgIpc) is 2.43. The SMILES string of the molecule is CCOc1ccccc1OCC(=O)NC(CC)C(=O)O. The summed E-state index contributed by atoms with van der Waals surface area (Å²) in [7, 11) is 0. The minimum atomic E-state index is -1.06. The molecule has 0 aromatic heterocycles. The molecular formula is C14H19NO5. The van der Waals surface area contributed by atoms with Gasteiger partial charge < -0.3 is 19.9 Å². The fourth-order valence-electron chi connectivity index (χ4n) is 1.56. The van der Waals surface area contributed by atoms with E-state index >= 15 is 0 Å². The number of aliphatic carboxylic acids is 1. The van der Waals surface area contributed by atoms with Gasteiger partial charge in [0, 0.05) is 0 Å². The van der Waals surface area contributed by atoms with Crippen LogP contribution < -0.4 is 14.8 Å². The largest absolute Gasteiger partial charge is 0.490 e. The summed E-state index contributed by atoms with van der Waals surface area (Å²) < 4.78 is 10.7. The van der Waals surface area contributed by atoms with Gasteiger partial charge in [0.2, 0.25) is 0 Å². The highest BCUT2D eigenvalue weighted by molar-refractivity contribution is 5.84. The van der Waals surface area contributed by atoms with Crippen molar-refractivity contribution in [2.24, 2.45) is 0 Å². The monoisotopic (exact) mass is 281 g/mol. The van der Waals surface area contributed by atoms with E-state index in [9.17, 15) is 9.59 Å². The Labute approximate surface area is 117 Å². The topological polar surface area (TPSA) is 84.9 Å². The van der Waals surface area contributed by atoms with Crippen LogP contribution in [-0.4, -0.2) is 36.2 Å². The molecule has 1 amide bonds. The summed E-state index contributed by atoms with van der Waals surface area (Å²) in [5, 5.41) is 11.2. The van der Waals surface area contributed by atoms with Crippen molar-refractivity contribution in [3.05, 3.63) is 24.3 Å². The van der Waals surface area contributed by atoms with E-state index in [1.807, 2.05) is 6.92 Å². The van der Waals surface area contributed by atoms with E-state index in [1.165, 1.54) is 0 Å². The fraction of sp³-hybridized carbons (Fsp3) is 0.429. The van der Waals surface area contributed by atoms with Gasteiger partial charge in [-0.25, -0.2) is 4.79 Å². The number of carboxylic acids is 1. The predicted octanol–water partition coefficient (Wildman–Crippen LogP) is 1.44. The number of hydrogen-bond donors (Lipinski definition) is 2. The third-order valence-electron chi connectivity index (χ3n) is 2.55. The van der Waals surface area contributed by atoms with Crippen LogP contribution in [0.5, 0.6) is 11.5 Å². The van der Waals surface area contributed by atoms with Gasteiger partial charge in [0.15, 0.2) is 18.1 Å². The quantitative estimate of drug-likeness (QED) is 0.753. The molecule has 1 aromatic rings. The van der Waals surface area contributed by atoms with Crippen LogP contribution in [0.3, 0.4) is 0 Å². The van der Waals surface area contributed by atoms with Gasteiger partial charge in [-0.3, -0.25) is 4.79 Å². The molecule has 1 aromatic carbocycles. The number of nitrogens with one attached hydrogen (secondary N) is 1. The highest BCUT2D eigenvalue weighted by atomic mass is 16.5. The summed E-state index contributed by atoms with van der Waals surface area (Å²) in [6.07, 6.45) is 0.316. The second kappa shape index (κ2) is 8.04. The number of amides is 1. The van der Waals surface area contributed by atoms with Gasteiger partial charge in [0.25, 0.3) is 5.91 Å². The molecule has 0 saturated heterocycles. The summed E-state index contributed by atoms with van der Waals surface area (Å²) >= 11 is 0. The summed E-state index contributed by atoms with van der Waals surface area (Å²) in [6, 6.07) is 6.10. The molecule has 20 heavy (non-hydrogen) atoms. The second-order valence-electron chi connectivity index (χ2n) is 4.04. The summed E-state index contributed by atoms with van der Waals surface area (Å²) in [6.45, 7) is 3.77. The fourth-order valence-corrected chi connectivity index (χ4v) is 1.56. The molecule has 1 rings (SSSR count). The Hall–Kier alpha value is -2.24. The van der Waals surface area contributed by atoms with Crippen molar-refractivity contribution in [3.63, 3.8) is 0 Å². The number of rotatable bonds is 8. The van der Waals surface area contributed by atoms with Crippen LogP contribution in [0.4, 0.5) is 0 Å². The van der Waals surface area contributed by atoms with Crippen molar-refractivity contribution in [2.45, 2.75) is 26.3 Å². The normalized spacial score (nSPS) is 11.5. The minimum Gasteiger partial charge on any atom is -0.490 e. The number of hydrogen-bond acceptors (Lipinski definition) is 4. The molecule has 0 aliphatic carbocycles. The molecule has 1 atom stereocenters. The molecule has 6 nitrogen and oxygen atoms in total. The lowest BCUT2D eigenvalue weighted by atomic mass is 10.2. The van der Waals surface area contributed by atoms with Gasteiger partial charge in [0.1, 0.15) is 6.04 Å². The second-order valence-corrected chi connectivity index (χ2v) is 4.04. The van der Waals surface area contributed by atoms with Crippen molar-refractivity contribution in [3.8, 4) is 11.5 Å². The Morgan fingerprint density at radius 1 is 1.20 bits per heavy atom. The maximum Gasteiger partial charge on any atom is 0.326 e. The van der Waals surface area contributed by atoms with Crippen LogP contribution in [0, 0.1) is 0 Å². The standard InChI is InChI=1S/C14H19NO5/c1-3-10(14(17)18)15-13(16)9-20-12-8-6-5-7-11(12)19-4-2/h5-8,10H,3-4,9H2,1-2H3,(H,15,16)(H,17,18). The summed E-state index contributed by atoms with van der Waals surface area (Å²) in [4.78, 5) is 22.4. The molecular weight excluding hydrogens is 262 g/mol. The molecule has 0 bridgehead atoms. The van der Waals surface area contributed by atoms with Gasteiger partial charge in [-0.15, -0.1) is 0 Å². The maximum absolute atomic E-state index is 11.6. The minimum absolute atomic E-state index is 0.256. The zero-order valence-electron chi connectivity index (χ0n) is 11.6. The zero-order valence-corrected chi connectivity index (χ0v) is 11.6. The third-order valence-corrected chi connectivity index (χ3v) is 2.55. The lowest BCUT2D eigenvalue weighted by molar-refractivity contribution is -0.142. The Bertz CT molecular complexity index is 461. The van der Waals surface area contributed by atoms with Gasteiger partial charge in [-0.2, -0.15) is 0 Å². The Balaban J connectivity index is 2.54. The van der Waals surface area contributed by atoms with Gasteiger partial charge >= 0.3 is 5.97 Å². The number of carbonyl (C=O) groups is 2. The van der Waals surface area contributed by atoms with E-state index in [4.69, 9.17) is 14.6 Å². The van der Waals surface area contributed by atoms with E-state index in [2.05, 4.69) is 5.32 Å². The van der Waals surface area contributed by atoms with Crippen LogP contribution in [0.2, 0.25) is 0 Å². The molecule has 1 unspecified atom stereocenters. The predicted molar refractivity (Wildman–Crippen MR) is 73.0 cm³/mol. The van der Waals surface area contributed by atoms with Crippen molar-refractivity contribution >= 4 is 11.9 Å². The highest BCUT2D eigenvalue weighted by Gasteiger charge is 2.18. The lowest BCUT2D eigenvalue weighted by Crippen LogP contribution is -2.42. The number of carboxylic acid groups (broad SMARTS) is 1. The number of para-hydroxylation sites is 2. The Morgan fingerprint density at radius 2 is 1.80 bits per heavy atom. The zero-order chi connectivity index (χ0) is 15.0. The Morgan fingerprint density at radius 3 is 2.30 bits per heavy atom. The van der Waals surface area contributed by atoms with Gasteiger partial charge in [0.05, 0.1) is 6.61 Å². The van der Waals surface area contributed by atoms with E-state index in [1.54, 1.807) is 31.2 Å². The summed E-state index contributed by atoms with van der Waals surface area (Å²) in [5.41, 5.74) is 0. The first-order chi connectivity index (χ1) is 9.58. The number of benzene rings is 1. The molecule has 2 N–H and O–H groups in total. The molecule has 110 valence electrons. The van der Waals surface area contributed by atoms with Crippen LogP contribution in [-0.2, 0) is 9.59 Å². The molecule has 0 spiro atoms. The first kappa shape index (κ1) is 15.8. The van der Waals surface area contributed by atoms with Crippen LogP contribution in [0.15, 0.2) is 24.3 Å². The first-order valence-corrected chi connectivity index (χ1v) is 6.45. The average molecular weight is 281 g/mol. The molecule has 0 fully saturated rings. The highest BCUT2D eigenvalue weighted by Crippen LogP contribution is 2.26. The van der Waals surface area contributed by atoms with E-state index < -0.39 is 17.9 Å². The van der Waals surface area contributed by atoms with Crippen molar-refractivity contribution in [1.82, 2.24) is 5.32 Å². The van der Waals surface area contributed by atoms with Crippen molar-refractivity contribution < 1.29 is 24.2 Å². The van der Waals surface area contributed by atoms with Gasteiger partial charge in [-0.05, 0) is 25.5 Å². The van der Waals surface area contributed by atoms with Crippen molar-refractivity contribution in [2.75, 3.05) is 13.2 Å². The third kappa shape index (κ3) is 4.79. The van der Waals surface area contributed by atoms with Crippen molar-refractivity contribution in [1.29, 1.82) is 0 Å². The van der Waals surface area contributed by atoms with E-state index in [0.29, 0.717) is 24.5 Å². The molecule has 6 heteroatoms. The van der Waals surface area contributed by atoms with E-state index in [-0.39, 0.29) is 6.61 Å². The molecule has 0 radical (unpaired) electrons. The van der Waals surface area contributed by atoms with E-state index in [0.717, 1.165) is 0 Å². The van der Waals surface area contributed by atoms with Crippen LogP contribution in [0.1, 0.15) is 20.3 Å². The molecule has 0 saturated carbocycles. The number of carbonyl (C=O) groups excluding carboxylic acids is 1. The van der Waals surface area contributed by atoms with Gasteiger partial charge in [-0.1, -0.05) is 19.1 Å². The summed E-state index contributed by atoms with van der Waals surface area (Å²) in [5.74, 6) is -0.540. The Kier molecular flexibility index (Phi) is 6.36. The lowest BCUT2D eigenvalue weighted by Gasteiger charge is -2.14.